The average molecular weight is 327 g/mol. The van der Waals surface area contributed by atoms with Gasteiger partial charge in [-0.1, -0.05) is 0 Å². The van der Waals surface area contributed by atoms with E-state index in [2.05, 4.69) is 20.1 Å². The summed E-state index contributed by atoms with van der Waals surface area (Å²) in [6.45, 7) is 5.75. The Morgan fingerprint density at radius 2 is 2.12 bits per heavy atom. The Labute approximate surface area is 141 Å². The van der Waals surface area contributed by atoms with Gasteiger partial charge in [0.05, 0.1) is 12.0 Å². The molecule has 3 heterocycles. The van der Waals surface area contributed by atoms with Crippen molar-refractivity contribution in [3.8, 4) is 0 Å². The summed E-state index contributed by atoms with van der Waals surface area (Å²) in [5, 5.41) is 7.73. The third-order valence-electron chi connectivity index (χ3n) is 5.50. The molecule has 0 amide bonds. The summed E-state index contributed by atoms with van der Waals surface area (Å²) in [6, 6.07) is 0. The van der Waals surface area contributed by atoms with Gasteiger partial charge in [0.25, 0.3) is 5.56 Å². The van der Waals surface area contributed by atoms with Crippen LogP contribution in [0.15, 0.2) is 17.3 Å². The summed E-state index contributed by atoms with van der Waals surface area (Å²) in [4.78, 5) is 18.8. The first kappa shape index (κ1) is 15.6. The van der Waals surface area contributed by atoms with Crippen LogP contribution in [0.25, 0.3) is 0 Å². The molecule has 128 valence electrons. The Morgan fingerprint density at radius 3 is 2.96 bits per heavy atom. The van der Waals surface area contributed by atoms with Crippen LogP contribution < -0.4 is 5.56 Å². The Balaban J connectivity index is 1.33. The van der Waals surface area contributed by atoms with Crippen molar-refractivity contribution in [2.45, 2.75) is 52.1 Å². The minimum atomic E-state index is 0.0968. The van der Waals surface area contributed by atoms with Gasteiger partial charge in [0.15, 0.2) is 0 Å². The number of fused-ring (bicyclic) bond motifs is 1. The van der Waals surface area contributed by atoms with Crippen molar-refractivity contribution in [3.63, 3.8) is 0 Å². The van der Waals surface area contributed by atoms with Crippen LogP contribution >= 0.6 is 0 Å². The predicted octanol–water partition coefficient (Wildman–Crippen LogP) is 1.68. The van der Waals surface area contributed by atoms with Crippen molar-refractivity contribution in [1.82, 2.24) is 24.6 Å². The molecule has 6 nitrogen and oxygen atoms in total. The average Bonchev–Trinajstić information content (AvgIpc) is 3.19. The topological polar surface area (TPSA) is 66.8 Å². The van der Waals surface area contributed by atoms with E-state index in [0.29, 0.717) is 5.92 Å². The smallest absolute Gasteiger partial charge is 0.256 e. The van der Waals surface area contributed by atoms with Crippen LogP contribution in [0.2, 0.25) is 0 Å². The number of hydrogen-bond acceptors (Lipinski definition) is 4. The number of aryl methyl sites for hydroxylation is 2. The van der Waals surface area contributed by atoms with Crippen LogP contribution in [0.1, 0.15) is 41.8 Å². The largest absolute Gasteiger partial charge is 0.299 e. The molecule has 0 atom stereocenters. The minimum Gasteiger partial charge on any atom is -0.299 e. The van der Waals surface area contributed by atoms with Crippen LogP contribution in [0.4, 0.5) is 0 Å². The quantitative estimate of drug-likeness (QED) is 0.928. The molecule has 6 heteroatoms. The zero-order chi connectivity index (χ0) is 16.5. The second-order valence-corrected chi connectivity index (χ2v) is 7.23. The summed E-state index contributed by atoms with van der Waals surface area (Å²) in [5.74, 6) is 0.562. The Bertz CT molecular complexity index is 770. The van der Waals surface area contributed by atoms with Crippen LogP contribution in [0, 0.1) is 12.8 Å². The maximum Gasteiger partial charge on any atom is 0.256 e. The molecule has 0 aromatic carbocycles. The maximum absolute atomic E-state index is 12.1. The number of H-pyrrole nitrogens is 1. The van der Waals surface area contributed by atoms with Crippen LogP contribution in [-0.2, 0) is 25.9 Å². The lowest BCUT2D eigenvalue weighted by Crippen LogP contribution is -2.36. The fraction of sp³-hybridized carbons (Fsp3) is 0.611. The summed E-state index contributed by atoms with van der Waals surface area (Å²) < 4.78 is 1.77. The summed E-state index contributed by atoms with van der Waals surface area (Å²) >= 11 is 0. The number of likely N-dealkylation sites (tertiary alicyclic amines) is 1. The van der Waals surface area contributed by atoms with Crippen molar-refractivity contribution >= 4 is 0 Å². The van der Waals surface area contributed by atoms with E-state index in [1.54, 1.807) is 17.1 Å². The van der Waals surface area contributed by atoms with E-state index in [1.165, 1.54) is 29.8 Å². The van der Waals surface area contributed by atoms with Gasteiger partial charge in [0.1, 0.15) is 0 Å². The van der Waals surface area contributed by atoms with E-state index >= 15 is 0 Å². The molecule has 0 bridgehead atoms. The highest BCUT2D eigenvalue weighted by atomic mass is 16.1. The van der Waals surface area contributed by atoms with Crippen LogP contribution in [0.5, 0.6) is 0 Å². The first-order valence-corrected chi connectivity index (χ1v) is 8.99. The van der Waals surface area contributed by atoms with Gasteiger partial charge < -0.3 is 0 Å². The molecular weight excluding hydrogens is 302 g/mol. The van der Waals surface area contributed by atoms with Gasteiger partial charge in [-0.3, -0.25) is 19.4 Å². The Kier molecular flexibility index (Phi) is 4.22. The van der Waals surface area contributed by atoms with Crippen molar-refractivity contribution in [1.29, 1.82) is 0 Å². The monoisotopic (exact) mass is 327 g/mol. The SMILES string of the molecule is Cc1cncn(CC2CCN(Cc3n[nH]c4c3CCC4)CC2)c1=O. The lowest BCUT2D eigenvalue weighted by atomic mass is 9.96. The molecule has 1 aliphatic carbocycles. The van der Waals surface area contributed by atoms with Gasteiger partial charge in [0, 0.05) is 30.5 Å². The summed E-state index contributed by atoms with van der Waals surface area (Å²) in [6.07, 6.45) is 9.18. The highest BCUT2D eigenvalue weighted by molar-refractivity contribution is 5.29. The summed E-state index contributed by atoms with van der Waals surface area (Å²) in [7, 11) is 0. The van der Waals surface area contributed by atoms with Crippen molar-refractivity contribution in [2.24, 2.45) is 5.92 Å². The third-order valence-corrected chi connectivity index (χ3v) is 5.50. The molecule has 24 heavy (non-hydrogen) atoms. The van der Waals surface area contributed by atoms with E-state index < -0.39 is 0 Å². The van der Waals surface area contributed by atoms with E-state index in [1.807, 2.05) is 6.92 Å². The molecule has 0 unspecified atom stereocenters. The highest BCUT2D eigenvalue weighted by Gasteiger charge is 2.24. The molecule has 0 spiro atoms. The van der Waals surface area contributed by atoms with E-state index in [9.17, 15) is 4.79 Å². The second-order valence-electron chi connectivity index (χ2n) is 7.23. The van der Waals surface area contributed by atoms with Gasteiger partial charge in [-0.2, -0.15) is 5.10 Å². The molecule has 1 aliphatic heterocycles. The number of nitrogens with zero attached hydrogens (tertiary/aromatic N) is 4. The van der Waals surface area contributed by atoms with Crippen molar-refractivity contribution in [2.75, 3.05) is 13.1 Å². The zero-order valence-corrected chi connectivity index (χ0v) is 14.3. The number of nitrogens with one attached hydrogen (secondary N) is 1. The van der Waals surface area contributed by atoms with Crippen molar-refractivity contribution in [3.05, 3.63) is 45.4 Å². The van der Waals surface area contributed by atoms with Gasteiger partial charge in [-0.25, -0.2) is 4.98 Å². The third kappa shape index (κ3) is 3.02. The molecule has 1 N–H and O–H groups in total. The van der Waals surface area contributed by atoms with E-state index in [0.717, 1.165) is 51.0 Å². The standard InChI is InChI=1S/C18H25N5O/c1-13-9-19-12-23(18(13)24)10-14-5-7-22(8-6-14)11-17-15-3-2-4-16(15)20-21-17/h9,12,14H,2-8,10-11H2,1H3,(H,20,21). The first-order valence-electron chi connectivity index (χ1n) is 8.99. The number of aromatic nitrogens is 4. The molecule has 0 radical (unpaired) electrons. The van der Waals surface area contributed by atoms with Gasteiger partial charge >= 0.3 is 0 Å². The molecule has 1 saturated heterocycles. The first-order chi connectivity index (χ1) is 11.7. The molecule has 1 fully saturated rings. The minimum absolute atomic E-state index is 0.0968. The molecule has 2 aromatic heterocycles. The number of hydrogen-bond donors (Lipinski definition) is 1. The number of piperidine rings is 1. The molecule has 4 rings (SSSR count). The number of rotatable bonds is 4. The predicted molar refractivity (Wildman–Crippen MR) is 91.8 cm³/mol. The van der Waals surface area contributed by atoms with Gasteiger partial charge in [-0.15, -0.1) is 0 Å². The normalized spacial score (nSPS) is 18.9. The van der Waals surface area contributed by atoms with Crippen LogP contribution in [0.3, 0.4) is 0 Å². The Morgan fingerprint density at radius 1 is 1.29 bits per heavy atom. The highest BCUT2D eigenvalue weighted by Crippen LogP contribution is 2.25. The molecule has 2 aliphatic rings. The van der Waals surface area contributed by atoms with Gasteiger partial charge in [-0.05, 0) is 63.6 Å². The van der Waals surface area contributed by atoms with E-state index in [-0.39, 0.29) is 5.56 Å². The van der Waals surface area contributed by atoms with Crippen LogP contribution in [-0.4, -0.2) is 37.7 Å². The Hall–Kier alpha value is -1.95. The summed E-state index contributed by atoms with van der Waals surface area (Å²) in [5.41, 5.74) is 4.89. The molecule has 0 saturated carbocycles. The fourth-order valence-corrected chi connectivity index (χ4v) is 4.03. The fourth-order valence-electron chi connectivity index (χ4n) is 4.03. The van der Waals surface area contributed by atoms with Crippen molar-refractivity contribution < 1.29 is 0 Å². The molecular formula is C18H25N5O. The zero-order valence-electron chi connectivity index (χ0n) is 14.3. The lowest BCUT2D eigenvalue weighted by molar-refractivity contribution is 0.164. The maximum atomic E-state index is 12.1. The molecule has 2 aromatic rings. The number of aromatic amines is 1. The second kappa shape index (κ2) is 6.51. The van der Waals surface area contributed by atoms with Gasteiger partial charge in [0.2, 0.25) is 0 Å². The lowest BCUT2D eigenvalue weighted by Gasteiger charge is -2.31. The van der Waals surface area contributed by atoms with E-state index in [4.69, 9.17) is 0 Å².